The van der Waals surface area contributed by atoms with E-state index in [4.69, 9.17) is 0 Å². The lowest BCUT2D eigenvalue weighted by molar-refractivity contribution is 0.671. The second kappa shape index (κ2) is 19.6. The zero-order valence-corrected chi connectivity index (χ0v) is 46.2. The highest BCUT2D eigenvalue weighted by molar-refractivity contribution is 7.20. The van der Waals surface area contributed by atoms with Crippen molar-refractivity contribution in [2.24, 2.45) is 5.92 Å². The predicted octanol–water partition coefficient (Wildman–Crippen LogP) is 13.4. The fourth-order valence-electron chi connectivity index (χ4n) is 14.0. The van der Waals surface area contributed by atoms with Gasteiger partial charge in [0.05, 0.1) is 11.0 Å². The van der Waals surface area contributed by atoms with Gasteiger partial charge in [0.25, 0.3) is 0 Å². The van der Waals surface area contributed by atoms with Crippen LogP contribution in [0.15, 0.2) is 284 Å². The summed E-state index contributed by atoms with van der Waals surface area (Å²) in [5.41, 5.74) is 12.8. The summed E-state index contributed by atoms with van der Waals surface area (Å²) in [5.74, 6) is 0.693. The van der Waals surface area contributed by atoms with E-state index in [1.807, 2.05) is 0 Å². The van der Waals surface area contributed by atoms with Crippen LogP contribution < -0.4 is 36.3 Å². The Labute approximate surface area is 460 Å². The normalized spacial score (nSPS) is 15.2. The molecular weight excluding hydrogens is 973 g/mol. The Morgan fingerprint density at radius 1 is 0.372 bits per heavy atom. The summed E-state index contributed by atoms with van der Waals surface area (Å²) < 4.78 is 5.11. The number of fused-ring (bicyclic) bond motifs is 6. The molecule has 2 nitrogen and oxygen atoms in total. The minimum atomic E-state index is -2.75. The maximum absolute atomic E-state index is 2.75. The second-order valence-electron chi connectivity index (χ2n) is 21.6. The summed E-state index contributed by atoms with van der Waals surface area (Å²) in [6, 6.07) is 103. The zero-order chi connectivity index (χ0) is 52.2. The molecule has 2 aromatic heterocycles. The standard InChI is InChI=1S/C74H60N2Si2/c1-53-26-23-45-71-74(53)68-52-73(78(62-37-15-6-16-38-62,63-39-17-7-18-40-63)64-41-19-8-20-42-64)54(2)48-72(68)76(71)58-30-25-28-56(50-58)55-27-24-29-57(49-55)75-69-44-22-21-43-66(69)67-51-65(46-47-70(67)75)77(59-31-9-3-10-32-59,60-33-11-4-12-34-60)61-35-13-5-14-36-61/h3-25,27-47,49-54H,26,48H2,1-2H3. The van der Waals surface area contributed by atoms with Crippen molar-refractivity contribution in [2.45, 2.75) is 32.6 Å². The maximum Gasteiger partial charge on any atom is 0.179 e. The number of rotatable bonds is 11. The Balaban J connectivity index is 0.908. The number of hydrogen-bond donors (Lipinski definition) is 0. The van der Waals surface area contributed by atoms with Gasteiger partial charge in [-0.15, -0.1) is 0 Å². The summed E-state index contributed by atoms with van der Waals surface area (Å²) >= 11 is 0. The summed E-state index contributed by atoms with van der Waals surface area (Å²) in [6.07, 6.45) is 9.48. The second-order valence-corrected chi connectivity index (χ2v) is 29.2. The number of benzene rings is 10. The molecule has 0 fully saturated rings. The number of para-hydroxylation sites is 1. The molecule has 0 N–H and O–H groups in total. The smallest absolute Gasteiger partial charge is 0.179 e. The third kappa shape index (κ3) is 7.57. The molecule has 2 unspecified atom stereocenters. The molecule has 78 heavy (non-hydrogen) atoms. The van der Waals surface area contributed by atoms with Crippen LogP contribution >= 0.6 is 0 Å². The molecule has 0 bridgehead atoms. The third-order valence-corrected chi connectivity index (χ3v) is 27.2. The van der Waals surface area contributed by atoms with E-state index in [2.05, 4.69) is 314 Å². The Morgan fingerprint density at radius 3 is 1.33 bits per heavy atom. The molecule has 0 spiro atoms. The fraction of sp³-hybridized carbons (Fsp3) is 0.0811. The van der Waals surface area contributed by atoms with Gasteiger partial charge in [0.2, 0.25) is 0 Å². The molecule has 2 atom stereocenters. The molecule has 0 aliphatic heterocycles. The van der Waals surface area contributed by atoms with Crippen molar-refractivity contribution in [3.63, 3.8) is 0 Å². The van der Waals surface area contributed by atoms with Crippen molar-refractivity contribution in [2.75, 3.05) is 0 Å². The first-order valence-electron chi connectivity index (χ1n) is 27.8. The van der Waals surface area contributed by atoms with Crippen LogP contribution in [0.1, 0.15) is 48.7 Å². The van der Waals surface area contributed by atoms with Crippen molar-refractivity contribution in [1.29, 1.82) is 0 Å². The Morgan fingerprint density at radius 2 is 0.821 bits per heavy atom. The highest BCUT2D eigenvalue weighted by atomic mass is 28.3. The maximum atomic E-state index is 2.68. The molecular formula is C74H60N2Si2. The molecule has 0 radical (unpaired) electrons. The molecule has 374 valence electrons. The molecule has 12 aromatic rings. The molecule has 0 amide bonds. The van der Waals surface area contributed by atoms with Gasteiger partial charge in [-0.3, -0.25) is 0 Å². The highest BCUT2D eigenvalue weighted by Gasteiger charge is 2.47. The van der Waals surface area contributed by atoms with Gasteiger partial charge in [-0.05, 0) is 126 Å². The molecule has 2 aliphatic rings. The number of aromatic nitrogens is 2. The quantitative estimate of drug-likeness (QED) is 0.0903. The first-order chi connectivity index (χ1) is 38.5. The van der Waals surface area contributed by atoms with E-state index >= 15 is 0 Å². The van der Waals surface area contributed by atoms with Crippen LogP contribution in [0, 0.1) is 5.92 Å². The van der Waals surface area contributed by atoms with E-state index in [1.54, 1.807) is 5.20 Å². The molecule has 14 rings (SSSR count). The minimum absolute atomic E-state index is 0.301. The van der Waals surface area contributed by atoms with E-state index in [-0.39, 0.29) is 0 Å². The lowest BCUT2D eigenvalue weighted by Gasteiger charge is -2.40. The van der Waals surface area contributed by atoms with Crippen LogP contribution in [-0.2, 0) is 6.42 Å². The van der Waals surface area contributed by atoms with Gasteiger partial charge in [0.1, 0.15) is 0 Å². The van der Waals surface area contributed by atoms with Gasteiger partial charge >= 0.3 is 0 Å². The van der Waals surface area contributed by atoms with Crippen LogP contribution in [0.25, 0.3) is 56.5 Å². The van der Waals surface area contributed by atoms with Gasteiger partial charge in [-0.25, -0.2) is 0 Å². The molecule has 0 saturated carbocycles. The summed E-state index contributed by atoms with van der Waals surface area (Å²) in [6.45, 7) is 4.92. The van der Waals surface area contributed by atoms with Gasteiger partial charge in [0.15, 0.2) is 16.1 Å². The van der Waals surface area contributed by atoms with E-state index in [1.165, 1.54) is 97.4 Å². The first-order valence-corrected chi connectivity index (χ1v) is 31.8. The average molecular weight is 1030 g/mol. The van der Waals surface area contributed by atoms with Crippen molar-refractivity contribution < 1.29 is 0 Å². The van der Waals surface area contributed by atoms with Crippen molar-refractivity contribution in [3.8, 4) is 22.5 Å². The van der Waals surface area contributed by atoms with Gasteiger partial charge < -0.3 is 9.13 Å². The van der Waals surface area contributed by atoms with Crippen LogP contribution in [0.5, 0.6) is 0 Å². The van der Waals surface area contributed by atoms with Gasteiger partial charge in [-0.2, -0.15) is 0 Å². The van der Waals surface area contributed by atoms with Gasteiger partial charge in [-0.1, -0.05) is 268 Å². The highest BCUT2D eigenvalue weighted by Crippen LogP contribution is 2.45. The average Bonchev–Trinajstić information content (AvgIpc) is 4.10. The topological polar surface area (TPSA) is 9.86 Å². The lowest BCUT2D eigenvalue weighted by Crippen LogP contribution is -2.74. The van der Waals surface area contributed by atoms with Crippen molar-refractivity contribution >= 4 is 86.4 Å². The third-order valence-electron chi connectivity index (χ3n) is 17.3. The van der Waals surface area contributed by atoms with Crippen molar-refractivity contribution in [1.82, 2.24) is 9.13 Å². The largest absolute Gasteiger partial charge is 0.313 e. The monoisotopic (exact) mass is 1030 g/mol. The predicted molar refractivity (Wildman–Crippen MR) is 336 cm³/mol. The van der Waals surface area contributed by atoms with Crippen molar-refractivity contribution in [3.05, 3.63) is 307 Å². The fourth-order valence-corrected chi connectivity index (χ4v) is 24.0. The number of allylic oxidation sites excluding steroid dienone is 2. The van der Waals surface area contributed by atoms with Crippen LogP contribution in [0.3, 0.4) is 0 Å². The summed E-state index contributed by atoms with van der Waals surface area (Å²) in [5, 5.41) is 13.9. The molecule has 4 heteroatoms. The Kier molecular flexibility index (Phi) is 12.0. The van der Waals surface area contributed by atoms with E-state index in [0.29, 0.717) is 11.8 Å². The summed E-state index contributed by atoms with van der Waals surface area (Å²) in [7, 11) is -5.48. The van der Waals surface area contributed by atoms with E-state index in [9.17, 15) is 0 Å². The SMILES string of the molecule is CC1Cc2c(c3c(n2-c2cccc(-c4cccc(-n5c6ccccc6c6cc([Si](c7ccccc7)(c7ccccc7)c7ccccc7)ccc65)c4)c2)C=CCC3C)C=C1[Si](c1ccccc1)(c1ccccc1)c1ccccc1. The van der Waals surface area contributed by atoms with E-state index in [0.717, 1.165) is 18.5 Å². The molecule has 10 aromatic carbocycles. The molecule has 2 aliphatic carbocycles. The zero-order valence-electron chi connectivity index (χ0n) is 44.2. The van der Waals surface area contributed by atoms with Crippen LogP contribution in [0.4, 0.5) is 0 Å². The summed E-state index contributed by atoms with van der Waals surface area (Å²) in [4.78, 5) is 0. The number of hydrogen-bond acceptors (Lipinski definition) is 0. The van der Waals surface area contributed by atoms with Crippen LogP contribution in [-0.4, -0.2) is 25.3 Å². The first kappa shape index (κ1) is 47.6. The molecule has 2 heterocycles. The Hall–Kier alpha value is -8.81. The minimum Gasteiger partial charge on any atom is -0.313 e. The van der Waals surface area contributed by atoms with Gasteiger partial charge in [0, 0.05) is 33.5 Å². The lowest BCUT2D eigenvalue weighted by atomic mass is 9.86. The Bertz CT molecular complexity index is 4020. The van der Waals surface area contributed by atoms with E-state index < -0.39 is 16.1 Å². The molecule has 0 saturated heterocycles. The number of nitrogens with zero attached hydrogens (tertiary/aromatic N) is 2. The van der Waals surface area contributed by atoms with Crippen LogP contribution in [0.2, 0.25) is 0 Å².